The van der Waals surface area contributed by atoms with E-state index in [2.05, 4.69) is 4.74 Å². The van der Waals surface area contributed by atoms with Crippen molar-refractivity contribution in [2.45, 2.75) is 64.6 Å². The first-order valence-corrected chi connectivity index (χ1v) is 7.26. The number of hydrogen-bond acceptors (Lipinski definition) is 5. The molecule has 0 saturated carbocycles. The van der Waals surface area contributed by atoms with Crippen LogP contribution in [0.3, 0.4) is 0 Å². The van der Waals surface area contributed by atoms with Crippen molar-refractivity contribution >= 4 is 5.97 Å². The molecule has 0 aliphatic carbocycles. The number of carbonyl (C=O) groups is 1. The molecule has 0 unspecified atom stereocenters. The standard InChI is InChI=1S/C15H26O5/c1-15(2)19-12(13(11-16)20-15)9-7-5-4-6-8-10-14(17)18-3/h16H,4-11H2,1-3H3. The second-order valence-electron chi connectivity index (χ2n) is 5.45. The predicted molar refractivity (Wildman–Crippen MR) is 74.7 cm³/mol. The normalized spacial score (nSPS) is 16.8. The van der Waals surface area contributed by atoms with Crippen LogP contribution in [0.25, 0.3) is 0 Å². The van der Waals surface area contributed by atoms with Crippen molar-refractivity contribution in [3.05, 3.63) is 11.5 Å². The fourth-order valence-corrected chi connectivity index (χ4v) is 2.23. The van der Waals surface area contributed by atoms with E-state index in [0.29, 0.717) is 12.2 Å². The Morgan fingerprint density at radius 1 is 1.10 bits per heavy atom. The molecule has 116 valence electrons. The molecular weight excluding hydrogens is 260 g/mol. The molecule has 1 aliphatic rings. The zero-order chi connectivity index (χ0) is 15.0. The number of hydrogen-bond donors (Lipinski definition) is 1. The lowest BCUT2D eigenvalue weighted by molar-refractivity contribution is -0.140. The minimum Gasteiger partial charge on any atom is -0.469 e. The van der Waals surface area contributed by atoms with Crippen LogP contribution >= 0.6 is 0 Å². The summed E-state index contributed by atoms with van der Waals surface area (Å²) in [6, 6.07) is 0. The third-order valence-corrected chi connectivity index (χ3v) is 3.21. The SMILES string of the molecule is COC(=O)CCCCCCCC1=C(CO)OC(C)(C)O1. The molecular formula is C15H26O5. The van der Waals surface area contributed by atoms with E-state index in [1.165, 1.54) is 7.11 Å². The fourth-order valence-electron chi connectivity index (χ4n) is 2.23. The van der Waals surface area contributed by atoms with Gasteiger partial charge in [0.15, 0.2) is 5.76 Å². The molecule has 20 heavy (non-hydrogen) atoms. The van der Waals surface area contributed by atoms with Gasteiger partial charge in [0.05, 0.1) is 7.11 Å². The lowest BCUT2D eigenvalue weighted by Gasteiger charge is -2.18. The third-order valence-electron chi connectivity index (χ3n) is 3.21. The summed E-state index contributed by atoms with van der Waals surface area (Å²) in [7, 11) is 1.42. The summed E-state index contributed by atoms with van der Waals surface area (Å²) >= 11 is 0. The number of allylic oxidation sites excluding steroid dienone is 1. The van der Waals surface area contributed by atoms with Crippen LogP contribution in [0.1, 0.15) is 58.8 Å². The van der Waals surface area contributed by atoms with Crippen LogP contribution in [0, 0.1) is 0 Å². The number of unbranched alkanes of at least 4 members (excludes halogenated alkanes) is 4. The van der Waals surface area contributed by atoms with Gasteiger partial charge in [-0.15, -0.1) is 0 Å². The molecule has 0 bridgehead atoms. The van der Waals surface area contributed by atoms with E-state index in [-0.39, 0.29) is 12.6 Å². The lowest BCUT2D eigenvalue weighted by Crippen LogP contribution is -2.21. The maximum absolute atomic E-state index is 10.9. The maximum atomic E-state index is 10.9. The Kier molecular flexibility index (Phi) is 6.85. The first-order valence-electron chi connectivity index (χ1n) is 7.26. The number of esters is 1. The first kappa shape index (κ1) is 16.8. The largest absolute Gasteiger partial charge is 0.469 e. The highest BCUT2D eigenvalue weighted by atomic mass is 16.7. The van der Waals surface area contributed by atoms with Gasteiger partial charge in [-0.2, -0.15) is 0 Å². The summed E-state index contributed by atoms with van der Waals surface area (Å²) in [4.78, 5) is 10.9. The highest BCUT2D eigenvalue weighted by Crippen LogP contribution is 2.32. The molecule has 1 N–H and O–H groups in total. The Labute approximate surface area is 120 Å². The molecule has 0 saturated heterocycles. The topological polar surface area (TPSA) is 65.0 Å². The summed E-state index contributed by atoms with van der Waals surface area (Å²) in [6.45, 7) is 3.56. The number of methoxy groups -OCH3 is 1. The van der Waals surface area contributed by atoms with Crippen molar-refractivity contribution in [2.75, 3.05) is 13.7 Å². The first-order chi connectivity index (χ1) is 9.48. The molecule has 5 nitrogen and oxygen atoms in total. The van der Waals surface area contributed by atoms with Crippen molar-refractivity contribution in [1.82, 2.24) is 0 Å². The van der Waals surface area contributed by atoms with Crippen LogP contribution in [0.5, 0.6) is 0 Å². The van der Waals surface area contributed by atoms with E-state index in [4.69, 9.17) is 9.47 Å². The van der Waals surface area contributed by atoms with Crippen LogP contribution in [0.2, 0.25) is 0 Å². The van der Waals surface area contributed by atoms with Gasteiger partial charge in [0.25, 0.3) is 0 Å². The third kappa shape index (κ3) is 5.82. The molecule has 1 aliphatic heterocycles. The van der Waals surface area contributed by atoms with Crippen LogP contribution in [0.15, 0.2) is 11.5 Å². The van der Waals surface area contributed by atoms with Gasteiger partial charge in [0.2, 0.25) is 5.79 Å². The van der Waals surface area contributed by atoms with Crippen molar-refractivity contribution in [3.8, 4) is 0 Å². The zero-order valence-electron chi connectivity index (χ0n) is 12.7. The second kappa shape index (κ2) is 8.15. The van der Waals surface area contributed by atoms with Crippen molar-refractivity contribution in [1.29, 1.82) is 0 Å². The molecule has 0 fully saturated rings. The van der Waals surface area contributed by atoms with Gasteiger partial charge in [-0.05, 0) is 12.8 Å². The molecule has 5 heteroatoms. The minimum atomic E-state index is -0.659. The Morgan fingerprint density at radius 2 is 1.70 bits per heavy atom. The fraction of sp³-hybridized carbons (Fsp3) is 0.800. The van der Waals surface area contributed by atoms with E-state index in [9.17, 15) is 9.90 Å². The van der Waals surface area contributed by atoms with Crippen molar-refractivity contribution in [3.63, 3.8) is 0 Å². The van der Waals surface area contributed by atoms with Gasteiger partial charge in [0.1, 0.15) is 12.4 Å². The summed E-state index contributed by atoms with van der Waals surface area (Å²) < 4.78 is 15.8. The highest BCUT2D eigenvalue weighted by Gasteiger charge is 2.32. The Morgan fingerprint density at radius 3 is 2.35 bits per heavy atom. The lowest BCUT2D eigenvalue weighted by atomic mass is 10.1. The number of aliphatic hydroxyl groups excluding tert-OH is 1. The van der Waals surface area contributed by atoms with Gasteiger partial charge in [-0.25, -0.2) is 0 Å². The molecule has 0 aromatic rings. The van der Waals surface area contributed by atoms with E-state index in [1.54, 1.807) is 0 Å². The van der Waals surface area contributed by atoms with E-state index >= 15 is 0 Å². The molecule has 1 rings (SSSR count). The number of rotatable bonds is 9. The monoisotopic (exact) mass is 286 g/mol. The van der Waals surface area contributed by atoms with Crippen LogP contribution in [-0.4, -0.2) is 30.6 Å². The van der Waals surface area contributed by atoms with Gasteiger partial charge >= 0.3 is 5.97 Å². The summed E-state index contributed by atoms with van der Waals surface area (Å²) in [5.74, 6) is 0.530. The van der Waals surface area contributed by atoms with E-state index < -0.39 is 5.79 Å². The molecule has 1 heterocycles. The number of aliphatic hydroxyl groups is 1. The average molecular weight is 286 g/mol. The van der Waals surface area contributed by atoms with Gasteiger partial charge < -0.3 is 19.3 Å². The maximum Gasteiger partial charge on any atom is 0.305 e. The van der Waals surface area contributed by atoms with Crippen LogP contribution in [0.4, 0.5) is 0 Å². The van der Waals surface area contributed by atoms with Gasteiger partial charge in [0, 0.05) is 26.7 Å². The molecule has 0 aromatic carbocycles. The number of carbonyl (C=O) groups excluding carboxylic acids is 1. The summed E-state index contributed by atoms with van der Waals surface area (Å²) in [5.41, 5.74) is 0. The van der Waals surface area contributed by atoms with Crippen molar-refractivity contribution < 1.29 is 24.1 Å². The van der Waals surface area contributed by atoms with Crippen LogP contribution < -0.4 is 0 Å². The minimum absolute atomic E-state index is 0.113. The quantitative estimate of drug-likeness (QED) is 0.521. The Bertz CT molecular complexity index is 346. The Hall–Kier alpha value is -1.23. The highest BCUT2D eigenvalue weighted by molar-refractivity contribution is 5.68. The smallest absolute Gasteiger partial charge is 0.305 e. The average Bonchev–Trinajstić information content (AvgIpc) is 2.71. The van der Waals surface area contributed by atoms with Crippen molar-refractivity contribution in [2.24, 2.45) is 0 Å². The molecule has 0 atom stereocenters. The molecule has 0 aromatic heterocycles. The van der Waals surface area contributed by atoms with E-state index in [1.807, 2.05) is 13.8 Å². The molecule has 0 radical (unpaired) electrons. The van der Waals surface area contributed by atoms with Gasteiger partial charge in [-0.3, -0.25) is 4.79 Å². The summed E-state index contributed by atoms with van der Waals surface area (Å²) in [5, 5.41) is 9.21. The predicted octanol–water partition coefficient (Wildman–Crippen LogP) is 2.88. The molecule has 0 amide bonds. The second-order valence-corrected chi connectivity index (χ2v) is 5.45. The Balaban J connectivity index is 2.11. The summed E-state index contributed by atoms with van der Waals surface area (Å²) in [6.07, 6.45) is 6.36. The van der Waals surface area contributed by atoms with Crippen LogP contribution in [-0.2, 0) is 19.0 Å². The molecule has 0 spiro atoms. The van der Waals surface area contributed by atoms with Gasteiger partial charge in [-0.1, -0.05) is 19.3 Å². The van der Waals surface area contributed by atoms with E-state index in [0.717, 1.165) is 44.3 Å². The zero-order valence-corrected chi connectivity index (χ0v) is 12.7. The number of ether oxygens (including phenoxy) is 3.